The first-order chi connectivity index (χ1) is 8.75. The maximum absolute atomic E-state index is 12.6. The monoisotopic (exact) mass is 309 g/mol. The molecule has 19 heavy (non-hydrogen) atoms. The van der Waals surface area contributed by atoms with E-state index in [4.69, 9.17) is 18.0 Å². The molecule has 1 heterocycles. The first-order valence-electron chi connectivity index (χ1n) is 5.40. The molecule has 1 aromatic heterocycles. The molecule has 0 aliphatic carbocycles. The van der Waals surface area contributed by atoms with E-state index in [1.165, 1.54) is 6.07 Å². The Morgan fingerprint density at radius 2 is 2.16 bits per heavy atom. The van der Waals surface area contributed by atoms with Crippen molar-refractivity contribution in [1.82, 2.24) is 4.98 Å². The topological polar surface area (TPSA) is 50.9 Å². The van der Waals surface area contributed by atoms with Crippen LogP contribution in [0.4, 0.5) is 19.0 Å². The Hall–Kier alpha value is -1.02. The number of nitrogens with two attached hydrogens (primary N) is 1. The van der Waals surface area contributed by atoms with Crippen LogP contribution in [0.2, 0.25) is 0 Å². The summed E-state index contributed by atoms with van der Waals surface area (Å²) in [4.78, 5) is 3.57. The molecule has 0 fully saturated rings. The van der Waals surface area contributed by atoms with Crippen LogP contribution in [-0.2, 0) is 6.18 Å². The molecule has 1 rings (SSSR count). The van der Waals surface area contributed by atoms with Crippen molar-refractivity contribution >= 4 is 34.8 Å². The summed E-state index contributed by atoms with van der Waals surface area (Å²) in [6, 6.07) is 2.11. The lowest BCUT2D eigenvalue weighted by Crippen LogP contribution is -2.20. The van der Waals surface area contributed by atoms with Gasteiger partial charge < -0.3 is 11.1 Å². The Morgan fingerprint density at radius 3 is 2.63 bits per heavy atom. The van der Waals surface area contributed by atoms with Gasteiger partial charge in [0.05, 0.1) is 5.56 Å². The number of alkyl halides is 3. The molecule has 8 heteroatoms. The molecular weight excluding hydrogens is 295 g/mol. The largest absolute Gasteiger partial charge is 0.433 e. The molecular formula is C11H14F3N3S2. The van der Waals surface area contributed by atoms with Crippen molar-refractivity contribution in [2.45, 2.75) is 18.3 Å². The van der Waals surface area contributed by atoms with Gasteiger partial charge in [-0.1, -0.05) is 19.1 Å². The van der Waals surface area contributed by atoms with Crippen molar-refractivity contribution in [3.05, 3.63) is 23.4 Å². The lowest BCUT2D eigenvalue weighted by molar-refractivity contribution is -0.141. The molecule has 106 valence electrons. The van der Waals surface area contributed by atoms with Crippen molar-refractivity contribution in [2.75, 3.05) is 18.1 Å². The Kier molecular flexibility index (Phi) is 5.42. The average Bonchev–Trinajstić information content (AvgIpc) is 2.34. The molecule has 0 aliphatic rings. The molecule has 0 aliphatic heterocycles. The molecule has 1 atom stereocenters. The highest BCUT2D eigenvalue weighted by atomic mass is 32.2. The molecule has 0 bridgehead atoms. The van der Waals surface area contributed by atoms with E-state index in [0.29, 0.717) is 12.1 Å². The van der Waals surface area contributed by atoms with E-state index < -0.39 is 11.9 Å². The minimum absolute atomic E-state index is 0.0144. The number of rotatable bonds is 5. The summed E-state index contributed by atoms with van der Waals surface area (Å²) in [5.74, 6) is 0.0724. The maximum Gasteiger partial charge on any atom is 0.433 e. The van der Waals surface area contributed by atoms with Crippen molar-refractivity contribution in [3.63, 3.8) is 0 Å². The summed E-state index contributed by atoms with van der Waals surface area (Å²) in [7, 11) is 0. The minimum Gasteiger partial charge on any atom is -0.389 e. The van der Waals surface area contributed by atoms with E-state index in [-0.39, 0.29) is 16.1 Å². The van der Waals surface area contributed by atoms with Crippen molar-refractivity contribution in [3.8, 4) is 0 Å². The predicted molar refractivity (Wildman–Crippen MR) is 76.6 cm³/mol. The van der Waals surface area contributed by atoms with Crippen LogP contribution in [0.25, 0.3) is 0 Å². The van der Waals surface area contributed by atoms with Gasteiger partial charge in [0.1, 0.15) is 16.5 Å². The maximum atomic E-state index is 12.6. The third-order valence-corrected chi connectivity index (χ3v) is 3.60. The fourth-order valence-corrected chi connectivity index (χ4v) is 1.69. The van der Waals surface area contributed by atoms with E-state index in [0.717, 1.165) is 6.07 Å². The second kappa shape index (κ2) is 6.42. The van der Waals surface area contributed by atoms with Crippen molar-refractivity contribution < 1.29 is 13.2 Å². The zero-order valence-corrected chi connectivity index (χ0v) is 12.0. The number of aromatic nitrogens is 1. The summed E-state index contributed by atoms with van der Waals surface area (Å²) in [5, 5.41) is 3.09. The van der Waals surface area contributed by atoms with Crippen molar-refractivity contribution in [2.24, 2.45) is 5.73 Å². The predicted octanol–water partition coefficient (Wildman–Crippen LogP) is 2.90. The molecule has 3 nitrogen and oxygen atoms in total. The van der Waals surface area contributed by atoms with E-state index in [9.17, 15) is 13.2 Å². The van der Waals surface area contributed by atoms with Gasteiger partial charge >= 0.3 is 6.18 Å². The molecule has 0 saturated heterocycles. The van der Waals surface area contributed by atoms with Crippen LogP contribution in [-0.4, -0.2) is 28.0 Å². The van der Waals surface area contributed by atoms with E-state index in [1.54, 1.807) is 11.8 Å². The molecule has 1 unspecified atom stereocenters. The third-order valence-electron chi connectivity index (χ3n) is 2.41. The summed E-state index contributed by atoms with van der Waals surface area (Å²) in [6.45, 7) is 2.43. The van der Waals surface area contributed by atoms with Gasteiger partial charge in [0.2, 0.25) is 0 Å². The standard InChI is InChI=1S/C11H14F3N3S2/c1-6(19-2)5-16-10-7(9(15)18)3-4-8(17-10)11(12,13)14/h3-4,6H,5H2,1-2H3,(H2,15,18)(H,16,17). The van der Waals surface area contributed by atoms with Gasteiger partial charge in [-0.3, -0.25) is 0 Å². The fraction of sp³-hybridized carbons (Fsp3) is 0.455. The fourth-order valence-electron chi connectivity index (χ4n) is 1.27. The quantitative estimate of drug-likeness (QED) is 0.819. The van der Waals surface area contributed by atoms with Crippen molar-refractivity contribution in [1.29, 1.82) is 0 Å². The van der Waals surface area contributed by atoms with Gasteiger partial charge in [0.25, 0.3) is 0 Å². The van der Waals surface area contributed by atoms with Gasteiger partial charge in [-0.2, -0.15) is 24.9 Å². The zero-order chi connectivity index (χ0) is 14.6. The third kappa shape index (κ3) is 4.54. The number of halogens is 3. The SMILES string of the molecule is CSC(C)CNc1nc(C(F)(F)F)ccc1C(N)=S. The Balaban J connectivity index is 3.06. The molecule has 3 N–H and O–H groups in total. The number of hydrogen-bond acceptors (Lipinski definition) is 4. The Labute approximate surface area is 119 Å². The highest BCUT2D eigenvalue weighted by molar-refractivity contribution is 7.99. The second-order valence-electron chi connectivity index (χ2n) is 3.88. The molecule has 0 saturated carbocycles. The number of pyridine rings is 1. The van der Waals surface area contributed by atoms with Crippen LogP contribution >= 0.6 is 24.0 Å². The summed E-state index contributed by atoms with van der Waals surface area (Å²) >= 11 is 6.40. The first-order valence-corrected chi connectivity index (χ1v) is 7.10. The van der Waals surface area contributed by atoms with Gasteiger partial charge in [-0.05, 0) is 18.4 Å². The second-order valence-corrected chi connectivity index (χ2v) is 5.60. The van der Waals surface area contributed by atoms with Gasteiger partial charge in [0, 0.05) is 11.8 Å². The van der Waals surface area contributed by atoms with Crippen LogP contribution in [0.15, 0.2) is 12.1 Å². The highest BCUT2D eigenvalue weighted by Gasteiger charge is 2.33. The Bertz CT molecular complexity index is 463. The molecule has 0 aromatic carbocycles. The summed E-state index contributed by atoms with van der Waals surface area (Å²) in [6.07, 6.45) is -2.57. The van der Waals surface area contributed by atoms with Crippen LogP contribution in [0.1, 0.15) is 18.2 Å². The van der Waals surface area contributed by atoms with Crippen LogP contribution < -0.4 is 11.1 Å². The molecule has 0 radical (unpaired) electrons. The molecule has 1 aromatic rings. The lowest BCUT2D eigenvalue weighted by atomic mass is 10.2. The van der Waals surface area contributed by atoms with Crippen LogP contribution in [0.5, 0.6) is 0 Å². The molecule has 0 amide bonds. The summed E-state index contributed by atoms with van der Waals surface area (Å²) < 4.78 is 37.8. The minimum atomic E-state index is -4.49. The highest BCUT2D eigenvalue weighted by Crippen LogP contribution is 2.29. The number of thioether (sulfide) groups is 1. The van der Waals surface area contributed by atoms with Gasteiger partial charge in [0.15, 0.2) is 0 Å². The zero-order valence-electron chi connectivity index (χ0n) is 10.4. The first kappa shape index (κ1) is 16.0. The number of anilines is 1. The van der Waals surface area contributed by atoms with E-state index in [2.05, 4.69) is 10.3 Å². The normalized spacial score (nSPS) is 13.1. The average molecular weight is 309 g/mol. The van der Waals surface area contributed by atoms with E-state index in [1.807, 2.05) is 13.2 Å². The molecule has 0 spiro atoms. The Morgan fingerprint density at radius 1 is 1.53 bits per heavy atom. The number of nitrogens with zero attached hydrogens (tertiary/aromatic N) is 1. The van der Waals surface area contributed by atoms with Gasteiger partial charge in [-0.15, -0.1) is 0 Å². The smallest absolute Gasteiger partial charge is 0.389 e. The summed E-state index contributed by atoms with van der Waals surface area (Å²) in [5.41, 5.74) is 4.83. The van der Waals surface area contributed by atoms with E-state index >= 15 is 0 Å². The van der Waals surface area contributed by atoms with Crippen LogP contribution in [0.3, 0.4) is 0 Å². The lowest BCUT2D eigenvalue weighted by Gasteiger charge is -2.15. The van der Waals surface area contributed by atoms with Crippen LogP contribution in [0, 0.1) is 0 Å². The number of thiocarbonyl (C=S) groups is 1. The number of nitrogens with one attached hydrogen (secondary N) is 1. The number of hydrogen-bond donors (Lipinski definition) is 2. The van der Waals surface area contributed by atoms with Gasteiger partial charge in [-0.25, -0.2) is 4.98 Å².